The zero-order chi connectivity index (χ0) is 18.0. The van der Waals surface area contributed by atoms with E-state index < -0.39 is 0 Å². The van der Waals surface area contributed by atoms with Crippen LogP contribution in [-0.2, 0) is 9.59 Å². The van der Waals surface area contributed by atoms with Crippen LogP contribution in [0.15, 0.2) is 12.1 Å². The molecular formula is C20H29N3O2. The standard InChI is InChI=1S/C20H29N3O2/c1-13-8-14(2)18(15(3)9-13)23-17(24)11-22-19(25)20-7-5-4-6-16(20)10-21-12-20/h8-9,16,21H,4-7,10-12H2,1-3H3,(H,22,25)(H,23,24)/t16-,20+/m0/s1. The Morgan fingerprint density at radius 2 is 1.92 bits per heavy atom. The predicted octanol–water partition coefficient (Wildman–Crippen LogP) is 2.45. The summed E-state index contributed by atoms with van der Waals surface area (Å²) in [5.74, 6) is 0.277. The summed E-state index contributed by atoms with van der Waals surface area (Å²) in [6.07, 6.45) is 4.33. The molecule has 2 aliphatic rings. The first-order valence-corrected chi connectivity index (χ1v) is 9.29. The summed E-state index contributed by atoms with van der Waals surface area (Å²) in [6.45, 7) is 7.71. The molecule has 1 saturated heterocycles. The van der Waals surface area contributed by atoms with Crippen molar-refractivity contribution >= 4 is 17.5 Å². The van der Waals surface area contributed by atoms with Crippen molar-refractivity contribution in [2.75, 3.05) is 25.0 Å². The first kappa shape index (κ1) is 17.9. The second-order valence-corrected chi connectivity index (χ2v) is 7.73. The molecule has 1 saturated carbocycles. The summed E-state index contributed by atoms with van der Waals surface area (Å²) in [5.41, 5.74) is 3.80. The Bertz CT molecular complexity index is 663. The zero-order valence-electron chi connectivity index (χ0n) is 15.5. The van der Waals surface area contributed by atoms with Crippen LogP contribution in [0.1, 0.15) is 42.4 Å². The van der Waals surface area contributed by atoms with Crippen molar-refractivity contribution in [2.45, 2.75) is 46.5 Å². The fourth-order valence-electron chi connectivity index (χ4n) is 4.59. The van der Waals surface area contributed by atoms with Gasteiger partial charge in [0.15, 0.2) is 0 Å². The van der Waals surface area contributed by atoms with Crippen molar-refractivity contribution in [3.63, 3.8) is 0 Å². The highest BCUT2D eigenvalue weighted by atomic mass is 16.2. The molecule has 0 bridgehead atoms. The molecule has 0 unspecified atom stereocenters. The quantitative estimate of drug-likeness (QED) is 0.786. The van der Waals surface area contributed by atoms with Gasteiger partial charge in [0.25, 0.3) is 0 Å². The number of carbonyl (C=O) groups excluding carboxylic acids is 2. The summed E-state index contributed by atoms with van der Waals surface area (Å²) >= 11 is 0. The fourth-order valence-corrected chi connectivity index (χ4v) is 4.59. The summed E-state index contributed by atoms with van der Waals surface area (Å²) in [5, 5.41) is 9.22. The number of fused-ring (bicyclic) bond motifs is 1. The van der Waals surface area contributed by atoms with Crippen molar-refractivity contribution in [1.82, 2.24) is 10.6 Å². The lowest BCUT2D eigenvalue weighted by Gasteiger charge is -2.37. The second-order valence-electron chi connectivity index (χ2n) is 7.73. The molecule has 1 aliphatic heterocycles. The van der Waals surface area contributed by atoms with Crippen LogP contribution in [0.4, 0.5) is 5.69 Å². The third-order valence-electron chi connectivity index (χ3n) is 5.84. The first-order valence-electron chi connectivity index (χ1n) is 9.29. The van der Waals surface area contributed by atoms with E-state index in [1.807, 2.05) is 20.8 Å². The number of hydrogen-bond donors (Lipinski definition) is 3. The molecule has 5 heteroatoms. The molecular weight excluding hydrogens is 314 g/mol. The molecule has 1 aromatic carbocycles. The number of aryl methyl sites for hydroxylation is 3. The van der Waals surface area contributed by atoms with E-state index in [1.54, 1.807) is 0 Å². The zero-order valence-corrected chi connectivity index (χ0v) is 15.5. The SMILES string of the molecule is Cc1cc(C)c(NC(=O)CNC(=O)[C@@]23CCCC[C@H]2CNC3)c(C)c1. The Balaban J connectivity index is 1.60. The van der Waals surface area contributed by atoms with Gasteiger partial charge in [-0.3, -0.25) is 9.59 Å². The topological polar surface area (TPSA) is 70.2 Å². The smallest absolute Gasteiger partial charge is 0.243 e. The molecule has 3 rings (SSSR count). The van der Waals surface area contributed by atoms with Gasteiger partial charge in [0.2, 0.25) is 11.8 Å². The van der Waals surface area contributed by atoms with Gasteiger partial charge in [0, 0.05) is 12.2 Å². The molecule has 1 aromatic rings. The van der Waals surface area contributed by atoms with E-state index in [9.17, 15) is 9.59 Å². The van der Waals surface area contributed by atoms with E-state index in [0.717, 1.165) is 49.2 Å². The van der Waals surface area contributed by atoms with Crippen LogP contribution in [0, 0.1) is 32.1 Å². The van der Waals surface area contributed by atoms with Crippen LogP contribution < -0.4 is 16.0 Å². The maximum Gasteiger partial charge on any atom is 0.243 e. The Morgan fingerprint density at radius 1 is 1.20 bits per heavy atom. The minimum absolute atomic E-state index is 0.0278. The Morgan fingerprint density at radius 3 is 2.64 bits per heavy atom. The Hall–Kier alpha value is -1.88. The average molecular weight is 343 g/mol. The number of carbonyl (C=O) groups is 2. The summed E-state index contributed by atoms with van der Waals surface area (Å²) in [6, 6.07) is 4.11. The number of rotatable bonds is 4. The van der Waals surface area contributed by atoms with Gasteiger partial charge in [-0.1, -0.05) is 30.5 Å². The third kappa shape index (κ3) is 3.56. The lowest BCUT2D eigenvalue weighted by atomic mass is 9.67. The van der Waals surface area contributed by atoms with Crippen molar-refractivity contribution in [3.8, 4) is 0 Å². The van der Waals surface area contributed by atoms with Crippen LogP contribution in [0.2, 0.25) is 0 Å². The molecule has 25 heavy (non-hydrogen) atoms. The van der Waals surface area contributed by atoms with Crippen molar-refractivity contribution in [3.05, 3.63) is 28.8 Å². The molecule has 2 atom stereocenters. The second kappa shape index (κ2) is 7.16. The number of nitrogens with one attached hydrogen (secondary N) is 3. The van der Waals surface area contributed by atoms with Crippen LogP contribution in [0.3, 0.4) is 0 Å². The number of amides is 2. The van der Waals surface area contributed by atoms with Gasteiger partial charge in [-0.2, -0.15) is 0 Å². The maximum atomic E-state index is 12.8. The van der Waals surface area contributed by atoms with Gasteiger partial charge >= 0.3 is 0 Å². The van der Waals surface area contributed by atoms with Crippen LogP contribution in [0.5, 0.6) is 0 Å². The lowest BCUT2D eigenvalue weighted by molar-refractivity contribution is -0.135. The van der Waals surface area contributed by atoms with Gasteiger partial charge in [-0.25, -0.2) is 0 Å². The number of anilines is 1. The molecule has 0 aromatic heterocycles. The highest BCUT2D eigenvalue weighted by molar-refractivity contribution is 5.96. The van der Waals surface area contributed by atoms with Gasteiger partial charge in [0.05, 0.1) is 12.0 Å². The highest BCUT2D eigenvalue weighted by Gasteiger charge is 2.49. The van der Waals surface area contributed by atoms with E-state index in [4.69, 9.17) is 0 Å². The Labute approximate surface area is 150 Å². The molecule has 1 heterocycles. The minimum atomic E-state index is -0.311. The average Bonchev–Trinajstić information content (AvgIpc) is 3.01. The van der Waals surface area contributed by atoms with Crippen molar-refractivity contribution in [1.29, 1.82) is 0 Å². The first-order chi connectivity index (χ1) is 11.9. The molecule has 0 spiro atoms. The van der Waals surface area contributed by atoms with Crippen molar-refractivity contribution in [2.24, 2.45) is 11.3 Å². The molecule has 2 fully saturated rings. The lowest BCUT2D eigenvalue weighted by Crippen LogP contribution is -2.49. The Kier molecular flexibility index (Phi) is 5.13. The normalized spacial score (nSPS) is 25.3. The largest absolute Gasteiger partial charge is 0.346 e. The third-order valence-corrected chi connectivity index (χ3v) is 5.84. The van der Waals surface area contributed by atoms with E-state index in [0.29, 0.717) is 5.92 Å². The summed E-state index contributed by atoms with van der Waals surface area (Å²) in [7, 11) is 0. The molecule has 136 valence electrons. The molecule has 3 N–H and O–H groups in total. The fraction of sp³-hybridized carbons (Fsp3) is 0.600. The monoisotopic (exact) mass is 343 g/mol. The van der Waals surface area contributed by atoms with E-state index >= 15 is 0 Å². The van der Waals surface area contributed by atoms with Gasteiger partial charge in [-0.15, -0.1) is 0 Å². The van der Waals surface area contributed by atoms with Crippen LogP contribution >= 0.6 is 0 Å². The number of hydrogen-bond acceptors (Lipinski definition) is 3. The van der Waals surface area contributed by atoms with Gasteiger partial charge in [-0.05, 0) is 57.2 Å². The summed E-state index contributed by atoms with van der Waals surface area (Å²) in [4.78, 5) is 25.1. The summed E-state index contributed by atoms with van der Waals surface area (Å²) < 4.78 is 0. The molecule has 2 amide bonds. The maximum absolute atomic E-state index is 12.8. The van der Waals surface area contributed by atoms with Crippen LogP contribution in [-0.4, -0.2) is 31.4 Å². The van der Waals surface area contributed by atoms with Gasteiger partial charge < -0.3 is 16.0 Å². The molecule has 0 radical (unpaired) electrons. The highest BCUT2D eigenvalue weighted by Crippen LogP contribution is 2.43. The molecule has 1 aliphatic carbocycles. The molecule has 5 nitrogen and oxygen atoms in total. The number of benzene rings is 1. The minimum Gasteiger partial charge on any atom is -0.346 e. The van der Waals surface area contributed by atoms with E-state index in [1.165, 1.54) is 12.0 Å². The van der Waals surface area contributed by atoms with Crippen LogP contribution in [0.25, 0.3) is 0 Å². The van der Waals surface area contributed by atoms with Gasteiger partial charge in [0.1, 0.15) is 0 Å². The van der Waals surface area contributed by atoms with E-state index in [-0.39, 0.29) is 23.8 Å². The van der Waals surface area contributed by atoms with E-state index in [2.05, 4.69) is 28.1 Å². The predicted molar refractivity (Wildman–Crippen MR) is 99.6 cm³/mol. The van der Waals surface area contributed by atoms with Crippen molar-refractivity contribution < 1.29 is 9.59 Å².